The van der Waals surface area contributed by atoms with Gasteiger partial charge in [-0.2, -0.15) is 0 Å². The molecule has 4 nitrogen and oxygen atoms in total. The molecule has 1 aliphatic heterocycles. The number of fused-ring (bicyclic) bond motifs is 1. The van der Waals surface area contributed by atoms with Crippen molar-refractivity contribution in [3.63, 3.8) is 0 Å². The van der Waals surface area contributed by atoms with Gasteiger partial charge in [0.25, 0.3) is 0 Å². The molecule has 0 atom stereocenters. The second-order valence-electron chi connectivity index (χ2n) is 6.72. The number of likely N-dealkylation sites (tertiary alicyclic amines) is 1. The fourth-order valence-electron chi connectivity index (χ4n) is 3.38. The van der Waals surface area contributed by atoms with Gasteiger partial charge < -0.3 is 10.1 Å². The average Bonchev–Trinajstić information content (AvgIpc) is 3.04. The number of Topliss-reactive ketones (excluding diaryl/α,β-unsaturated/α-hetero) is 1. The smallest absolute Gasteiger partial charge is 0.187 e. The summed E-state index contributed by atoms with van der Waals surface area (Å²) in [6.07, 6.45) is 5.84. The fourth-order valence-corrected chi connectivity index (χ4v) is 3.38. The van der Waals surface area contributed by atoms with E-state index in [1.807, 2.05) is 55.7 Å². The summed E-state index contributed by atoms with van der Waals surface area (Å²) in [7, 11) is 2.01. The van der Waals surface area contributed by atoms with Gasteiger partial charge in [0.15, 0.2) is 5.78 Å². The highest BCUT2D eigenvalue weighted by atomic mass is 16.3. The van der Waals surface area contributed by atoms with Crippen LogP contribution in [0.25, 0.3) is 23.1 Å². The lowest BCUT2D eigenvalue weighted by atomic mass is 9.94. The predicted molar refractivity (Wildman–Crippen MR) is 105 cm³/mol. The minimum Gasteiger partial charge on any atom is -0.508 e. The second kappa shape index (κ2) is 6.65. The zero-order valence-corrected chi connectivity index (χ0v) is 14.6. The molecule has 0 unspecified atom stereocenters. The number of nitrogens with zero attached hydrogens (tertiary/aromatic N) is 1. The van der Waals surface area contributed by atoms with Gasteiger partial charge >= 0.3 is 0 Å². The number of aromatic hydroxyl groups is 1. The number of benzene rings is 2. The summed E-state index contributed by atoms with van der Waals surface area (Å²) < 4.78 is 0. The monoisotopic (exact) mass is 344 g/mol. The molecule has 0 aliphatic carbocycles. The number of nitrogens with one attached hydrogen (secondary N) is 1. The molecule has 0 bridgehead atoms. The molecule has 3 aromatic rings. The highest BCUT2D eigenvalue weighted by Gasteiger charge is 2.24. The van der Waals surface area contributed by atoms with Gasteiger partial charge in [-0.25, -0.2) is 0 Å². The number of piperidine rings is 1. The summed E-state index contributed by atoms with van der Waals surface area (Å²) in [4.78, 5) is 18.4. The molecule has 26 heavy (non-hydrogen) atoms. The zero-order chi connectivity index (χ0) is 18.1. The van der Waals surface area contributed by atoms with Gasteiger partial charge in [-0.05, 0) is 43.0 Å². The van der Waals surface area contributed by atoms with Crippen LogP contribution in [0.5, 0.6) is 5.75 Å². The van der Waals surface area contributed by atoms with Crippen molar-refractivity contribution >= 4 is 28.8 Å². The van der Waals surface area contributed by atoms with Crippen molar-refractivity contribution in [2.24, 2.45) is 0 Å². The van der Waals surface area contributed by atoms with E-state index in [0.717, 1.165) is 33.2 Å². The Kier molecular flexibility index (Phi) is 4.19. The molecule has 4 heteroatoms. The van der Waals surface area contributed by atoms with E-state index in [-0.39, 0.29) is 11.5 Å². The molecule has 0 spiro atoms. The van der Waals surface area contributed by atoms with Crippen LogP contribution in [0.1, 0.15) is 11.1 Å². The average molecular weight is 344 g/mol. The quantitative estimate of drug-likeness (QED) is 0.694. The minimum absolute atomic E-state index is 0.0847. The third-order valence-corrected chi connectivity index (χ3v) is 4.65. The van der Waals surface area contributed by atoms with Crippen molar-refractivity contribution in [3.05, 3.63) is 77.0 Å². The van der Waals surface area contributed by atoms with Crippen LogP contribution in [0, 0.1) is 0 Å². The maximum absolute atomic E-state index is 13.0. The molecule has 1 saturated heterocycles. The van der Waals surface area contributed by atoms with Crippen molar-refractivity contribution in [1.29, 1.82) is 0 Å². The predicted octanol–water partition coefficient (Wildman–Crippen LogP) is 3.86. The number of phenols is 1. The van der Waals surface area contributed by atoms with E-state index in [1.165, 1.54) is 0 Å². The van der Waals surface area contributed by atoms with Gasteiger partial charge in [0, 0.05) is 46.9 Å². The van der Waals surface area contributed by atoms with Crippen molar-refractivity contribution in [2.45, 2.75) is 0 Å². The number of hydrogen-bond donors (Lipinski definition) is 2. The Morgan fingerprint density at radius 3 is 2.46 bits per heavy atom. The Morgan fingerprint density at radius 1 is 1.00 bits per heavy atom. The highest BCUT2D eigenvalue weighted by molar-refractivity contribution is 6.15. The number of ketones is 1. The summed E-state index contributed by atoms with van der Waals surface area (Å²) in [5.74, 6) is 0.306. The minimum atomic E-state index is 0.0847. The van der Waals surface area contributed by atoms with Crippen molar-refractivity contribution in [2.75, 3.05) is 20.1 Å². The number of likely N-dealkylation sites (N-methyl/N-ethyl adjacent to an activating group) is 1. The summed E-state index contributed by atoms with van der Waals surface area (Å²) >= 11 is 0. The lowest BCUT2D eigenvalue weighted by molar-refractivity contribution is -0.113. The first kappa shape index (κ1) is 16.4. The van der Waals surface area contributed by atoms with Crippen molar-refractivity contribution in [3.8, 4) is 5.75 Å². The van der Waals surface area contributed by atoms with Gasteiger partial charge in [0.05, 0.1) is 0 Å². The molecule has 0 radical (unpaired) electrons. The maximum Gasteiger partial charge on any atom is 0.187 e. The number of aromatic amines is 1. The molecular weight excluding hydrogens is 324 g/mol. The summed E-state index contributed by atoms with van der Waals surface area (Å²) in [5, 5.41) is 10.5. The Balaban J connectivity index is 1.70. The summed E-state index contributed by atoms with van der Waals surface area (Å²) in [6.45, 7) is 1.25. The van der Waals surface area contributed by atoms with E-state index < -0.39 is 0 Å². The first-order chi connectivity index (χ1) is 12.6. The molecule has 0 amide bonds. The lowest BCUT2D eigenvalue weighted by Gasteiger charge is -2.26. The molecule has 130 valence electrons. The topological polar surface area (TPSA) is 56.3 Å². The van der Waals surface area contributed by atoms with E-state index >= 15 is 0 Å². The van der Waals surface area contributed by atoms with Gasteiger partial charge in [0.2, 0.25) is 0 Å². The fraction of sp³-hybridized carbons (Fsp3) is 0.136. The second-order valence-corrected chi connectivity index (χ2v) is 6.72. The van der Waals surface area contributed by atoms with Gasteiger partial charge in [-0.1, -0.05) is 30.3 Å². The van der Waals surface area contributed by atoms with Crippen LogP contribution >= 0.6 is 0 Å². The number of phenolic OH excluding ortho intramolecular Hbond substituents is 1. The largest absolute Gasteiger partial charge is 0.508 e. The van der Waals surface area contributed by atoms with Crippen LogP contribution in [0.3, 0.4) is 0 Å². The number of para-hydroxylation sites is 1. The third kappa shape index (κ3) is 3.19. The SMILES string of the molecule is CN1CC(=Cc2c[nH]c3ccccc23)C(=O)/C(=C/c2ccc(O)cc2)C1. The number of carbonyl (C=O) groups is 1. The number of rotatable bonds is 2. The molecule has 2 N–H and O–H groups in total. The molecule has 2 heterocycles. The molecular formula is C22H20N2O2. The van der Waals surface area contributed by atoms with E-state index in [1.54, 1.807) is 12.1 Å². The van der Waals surface area contributed by atoms with Crippen LogP contribution < -0.4 is 0 Å². The number of aromatic nitrogens is 1. The number of carbonyl (C=O) groups excluding carboxylic acids is 1. The van der Waals surface area contributed by atoms with E-state index in [0.29, 0.717) is 13.1 Å². The summed E-state index contributed by atoms with van der Waals surface area (Å²) in [6, 6.07) is 15.0. The van der Waals surface area contributed by atoms with E-state index in [4.69, 9.17) is 0 Å². The Morgan fingerprint density at radius 2 is 1.69 bits per heavy atom. The molecule has 0 saturated carbocycles. The Bertz CT molecular complexity index is 1030. The normalized spacial score (nSPS) is 18.9. The Hall–Kier alpha value is -3.11. The van der Waals surface area contributed by atoms with Crippen LogP contribution in [0.15, 0.2) is 65.9 Å². The molecule has 1 fully saturated rings. The number of hydrogen-bond acceptors (Lipinski definition) is 3. The van der Waals surface area contributed by atoms with Crippen LogP contribution in [-0.4, -0.2) is 40.9 Å². The Labute approximate surface area is 152 Å². The third-order valence-electron chi connectivity index (χ3n) is 4.65. The van der Waals surface area contributed by atoms with Crippen molar-refractivity contribution < 1.29 is 9.90 Å². The van der Waals surface area contributed by atoms with Crippen LogP contribution in [0.2, 0.25) is 0 Å². The van der Waals surface area contributed by atoms with Crippen LogP contribution in [-0.2, 0) is 4.79 Å². The van der Waals surface area contributed by atoms with E-state index in [9.17, 15) is 9.90 Å². The van der Waals surface area contributed by atoms with Gasteiger partial charge in [-0.15, -0.1) is 0 Å². The molecule has 1 aromatic heterocycles. The first-order valence-corrected chi connectivity index (χ1v) is 8.60. The first-order valence-electron chi connectivity index (χ1n) is 8.60. The van der Waals surface area contributed by atoms with Crippen LogP contribution in [0.4, 0.5) is 0 Å². The highest BCUT2D eigenvalue weighted by Crippen LogP contribution is 2.25. The van der Waals surface area contributed by atoms with E-state index in [2.05, 4.69) is 16.0 Å². The standard InChI is InChI=1S/C22H20N2O2/c1-24-13-17(10-15-6-8-19(25)9-7-15)22(26)18(14-24)11-16-12-23-21-5-3-2-4-20(16)21/h2-12,23,25H,13-14H2,1H3/b17-10+,18-11?. The lowest BCUT2D eigenvalue weighted by Crippen LogP contribution is -2.34. The summed E-state index contributed by atoms with van der Waals surface area (Å²) in [5.41, 5.74) is 4.55. The number of H-pyrrole nitrogens is 1. The van der Waals surface area contributed by atoms with Gasteiger partial charge in [-0.3, -0.25) is 9.69 Å². The zero-order valence-electron chi connectivity index (χ0n) is 14.6. The molecule has 1 aliphatic rings. The van der Waals surface area contributed by atoms with Gasteiger partial charge in [0.1, 0.15) is 5.75 Å². The molecule has 4 rings (SSSR count). The molecule has 2 aromatic carbocycles. The van der Waals surface area contributed by atoms with Crippen molar-refractivity contribution in [1.82, 2.24) is 9.88 Å². The maximum atomic E-state index is 13.0.